The van der Waals surface area contributed by atoms with Crippen molar-refractivity contribution < 1.29 is 9.53 Å². The Hall–Kier alpha value is -1.91. The van der Waals surface area contributed by atoms with Gasteiger partial charge < -0.3 is 15.4 Å². The Labute approximate surface area is 152 Å². The van der Waals surface area contributed by atoms with Crippen LogP contribution in [0.3, 0.4) is 0 Å². The first kappa shape index (κ1) is 18.4. The Morgan fingerprint density at radius 3 is 2.42 bits per heavy atom. The molecule has 2 N–H and O–H groups in total. The van der Waals surface area contributed by atoms with E-state index in [0.29, 0.717) is 22.3 Å². The number of nitrogens with one attached hydrogen (secondary N) is 2. The number of anilines is 2. The zero-order valence-corrected chi connectivity index (χ0v) is 15.1. The highest BCUT2D eigenvalue weighted by Crippen LogP contribution is 2.30. The number of para-hydroxylation sites is 3. The van der Waals surface area contributed by atoms with E-state index in [1.807, 2.05) is 38.1 Å². The molecule has 6 heteroatoms. The Morgan fingerprint density at radius 1 is 1.08 bits per heavy atom. The van der Waals surface area contributed by atoms with Crippen LogP contribution in [-0.4, -0.2) is 18.6 Å². The molecule has 1 amide bonds. The number of hydrogen-bond donors (Lipinski definition) is 2. The summed E-state index contributed by atoms with van der Waals surface area (Å²) in [6.07, 6.45) is 0.357. The van der Waals surface area contributed by atoms with E-state index in [4.69, 9.17) is 27.9 Å². The van der Waals surface area contributed by atoms with Gasteiger partial charge in [-0.1, -0.05) is 41.4 Å². The van der Waals surface area contributed by atoms with Crippen molar-refractivity contribution in [3.05, 3.63) is 52.5 Å². The van der Waals surface area contributed by atoms with Gasteiger partial charge in [-0.2, -0.15) is 0 Å². The smallest absolute Gasteiger partial charge is 0.226 e. The van der Waals surface area contributed by atoms with Gasteiger partial charge in [0.15, 0.2) is 0 Å². The minimum Gasteiger partial charge on any atom is -0.489 e. The normalized spacial score (nSPS) is 10.5. The molecule has 2 aromatic rings. The van der Waals surface area contributed by atoms with Crippen LogP contribution >= 0.6 is 23.2 Å². The fraction of sp³-hybridized carbons (Fsp3) is 0.278. The first-order valence-corrected chi connectivity index (χ1v) is 8.46. The highest BCUT2D eigenvalue weighted by atomic mass is 35.5. The molecular weight excluding hydrogens is 347 g/mol. The average molecular weight is 367 g/mol. The van der Waals surface area contributed by atoms with E-state index in [9.17, 15) is 4.79 Å². The second-order valence-corrected chi connectivity index (χ2v) is 6.30. The Bertz CT molecular complexity index is 685. The Morgan fingerprint density at radius 2 is 1.75 bits per heavy atom. The van der Waals surface area contributed by atoms with Crippen molar-refractivity contribution in [2.45, 2.75) is 26.4 Å². The quantitative estimate of drug-likeness (QED) is 0.705. The number of carbonyl (C=O) groups excluding carboxylic acids is 1. The first-order chi connectivity index (χ1) is 11.5. The molecule has 0 spiro atoms. The minimum atomic E-state index is -0.167. The summed E-state index contributed by atoms with van der Waals surface area (Å²) >= 11 is 12.1. The molecule has 0 aromatic heterocycles. The Kier molecular flexibility index (Phi) is 6.76. The van der Waals surface area contributed by atoms with Crippen molar-refractivity contribution in [1.29, 1.82) is 0 Å². The van der Waals surface area contributed by atoms with E-state index in [-0.39, 0.29) is 18.4 Å². The molecule has 0 aliphatic rings. The molecule has 0 aliphatic carbocycles. The van der Waals surface area contributed by atoms with E-state index < -0.39 is 0 Å². The topological polar surface area (TPSA) is 50.4 Å². The van der Waals surface area contributed by atoms with Crippen LogP contribution in [-0.2, 0) is 4.79 Å². The van der Waals surface area contributed by atoms with Gasteiger partial charge in [0.05, 0.1) is 27.5 Å². The largest absolute Gasteiger partial charge is 0.489 e. The maximum Gasteiger partial charge on any atom is 0.226 e. The van der Waals surface area contributed by atoms with Gasteiger partial charge in [-0.15, -0.1) is 0 Å². The molecular formula is C18H20Cl2N2O2. The second-order valence-electron chi connectivity index (χ2n) is 5.48. The number of carbonyl (C=O) groups is 1. The van der Waals surface area contributed by atoms with Crippen LogP contribution in [0.2, 0.25) is 10.0 Å². The summed E-state index contributed by atoms with van der Waals surface area (Å²) in [5, 5.41) is 6.78. The third-order valence-electron chi connectivity index (χ3n) is 3.14. The molecule has 0 radical (unpaired) electrons. The molecule has 0 heterocycles. The SMILES string of the molecule is CC(C)Oc1ccccc1NCCC(=O)Nc1c(Cl)cccc1Cl. The molecule has 0 saturated heterocycles. The fourth-order valence-corrected chi connectivity index (χ4v) is 2.59. The lowest BCUT2D eigenvalue weighted by atomic mass is 10.2. The summed E-state index contributed by atoms with van der Waals surface area (Å²) in [4.78, 5) is 12.1. The third-order valence-corrected chi connectivity index (χ3v) is 3.77. The van der Waals surface area contributed by atoms with Gasteiger partial charge in [0.25, 0.3) is 0 Å². The van der Waals surface area contributed by atoms with Crippen molar-refractivity contribution in [1.82, 2.24) is 0 Å². The molecule has 2 rings (SSSR count). The van der Waals surface area contributed by atoms with Crippen LogP contribution in [0.5, 0.6) is 5.75 Å². The monoisotopic (exact) mass is 366 g/mol. The number of benzene rings is 2. The molecule has 2 aromatic carbocycles. The number of hydrogen-bond acceptors (Lipinski definition) is 3. The summed E-state index contributed by atoms with van der Waals surface area (Å²) in [5.41, 5.74) is 1.30. The molecule has 0 saturated carbocycles. The van der Waals surface area contributed by atoms with Crippen LogP contribution in [0.4, 0.5) is 11.4 Å². The van der Waals surface area contributed by atoms with Gasteiger partial charge >= 0.3 is 0 Å². The third kappa shape index (κ3) is 5.32. The van der Waals surface area contributed by atoms with Gasteiger partial charge in [0.1, 0.15) is 5.75 Å². The summed E-state index contributed by atoms with van der Waals surface area (Å²) < 4.78 is 5.73. The molecule has 4 nitrogen and oxygen atoms in total. The molecule has 24 heavy (non-hydrogen) atoms. The first-order valence-electron chi connectivity index (χ1n) is 7.71. The van der Waals surface area contributed by atoms with E-state index >= 15 is 0 Å². The average Bonchev–Trinajstić information content (AvgIpc) is 2.52. The predicted octanol–water partition coefficient (Wildman–Crippen LogP) is 5.22. The molecule has 0 fully saturated rings. The zero-order chi connectivity index (χ0) is 17.5. The van der Waals surface area contributed by atoms with Crippen molar-refractivity contribution in [2.24, 2.45) is 0 Å². The lowest BCUT2D eigenvalue weighted by Gasteiger charge is -2.15. The summed E-state index contributed by atoms with van der Waals surface area (Å²) in [6.45, 7) is 4.40. The van der Waals surface area contributed by atoms with E-state index in [1.165, 1.54) is 0 Å². The number of rotatable bonds is 7. The maximum atomic E-state index is 12.1. The van der Waals surface area contributed by atoms with E-state index in [1.54, 1.807) is 18.2 Å². The minimum absolute atomic E-state index is 0.0820. The van der Waals surface area contributed by atoms with Crippen LogP contribution < -0.4 is 15.4 Å². The van der Waals surface area contributed by atoms with Gasteiger partial charge in [0.2, 0.25) is 5.91 Å². The fourth-order valence-electron chi connectivity index (χ4n) is 2.10. The van der Waals surface area contributed by atoms with Gasteiger partial charge in [0, 0.05) is 13.0 Å². The van der Waals surface area contributed by atoms with Gasteiger partial charge in [-0.05, 0) is 38.1 Å². The molecule has 128 valence electrons. The van der Waals surface area contributed by atoms with Crippen molar-refractivity contribution in [3.63, 3.8) is 0 Å². The summed E-state index contributed by atoms with van der Waals surface area (Å²) in [7, 11) is 0. The zero-order valence-electron chi connectivity index (χ0n) is 13.6. The van der Waals surface area contributed by atoms with Gasteiger partial charge in [-0.25, -0.2) is 0 Å². The van der Waals surface area contributed by atoms with E-state index in [2.05, 4.69) is 10.6 Å². The van der Waals surface area contributed by atoms with Crippen LogP contribution in [0.25, 0.3) is 0 Å². The summed E-state index contributed by atoms with van der Waals surface area (Å²) in [6, 6.07) is 12.7. The highest BCUT2D eigenvalue weighted by Gasteiger charge is 2.10. The summed E-state index contributed by atoms with van der Waals surface area (Å²) in [5.74, 6) is 0.599. The standard InChI is InChI=1S/C18H20Cl2N2O2/c1-12(2)24-16-9-4-3-8-15(16)21-11-10-17(23)22-18-13(19)6-5-7-14(18)20/h3-9,12,21H,10-11H2,1-2H3,(H,22,23). The van der Waals surface area contributed by atoms with Crippen molar-refractivity contribution in [3.8, 4) is 5.75 Å². The van der Waals surface area contributed by atoms with Gasteiger partial charge in [-0.3, -0.25) is 4.79 Å². The lowest BCUT2D eigenvalue weighted by Crippen LogP contribution is -2.17. The molecule has 0 unspecified atom stereocenters. The number of halogens is 2. The number of ether oxygens (including phenoxy) is 1. The van der Waals surface area contributed by atoms with Crippen molar-refractivity contribution in [2.75, 3.05) is 17.2 Å². The van der Waals surface area contributed by atoms with Crippen LogP contribution in [0.1, 0.15) is 20.3 Å². The molecule has 0 bridgehead atoms. The van der Waals surface area contributed by atoms with Crippen molar-refractivity contribution >= 4 is 40.5 Å². The van der Waals surface area contributed by atoms with Crippen LogP contribution in [0.15, 0.2) is 42.5 Å². The molecule has 0 atom stereocenters. The highest BCUT2D eigenvalue weighted by molar-refractivity contribution is 6.39. The van der Waals surface area contributed by atoms with E-state index in [0.717, 1.165) is 11.4 Å². The van der Waals surface area contributed by atoms with Crippen LogP contribution in [0, 0.1) is 0 Å². The predicted molar refractivity (Wildman–Crippen MR) is 100 cm³/mol. The lowest BCUT2D eigenvalue weighted by molar-refractivity contribution is -0.115. The second kappa shape index (κ2) is 8.81. The number of amides is 1. The maximum absolute atomic E-state index is 12.1. The Balaban J connectivity index is 1.89. The molecule has 0 aliphatic heterocycles.